The van der Waals surface area contributed by atoms with Crippen LogP contribution in [0.25, 0.3) is 0 Å². The van der Waals surface area contributed by atoms with Gasteiger partial charge in [0.2, 0.25) is 0 Å². The molecule has 0 atom stereocenters. The van der Waals surface area contributed by atoms with Crippen LogP contribution in [0, 0.1) is 0 Å². The van der Waals surface area contributed by atoms with Gasteiger partial charge in [0.1, 0.15) is 11.5 Å². The number of carbonyl (C=O) groups is 1. The molecule has 1 aromatic heterocycles. The van der Waals surface area contributed by atoms with Crippen LogP contribution >= 0.6 is 11.6 Å². The van der Waals surface area contributed by atoms with Gasteiger partial charge in [-0.1, -0.05) is 23.7 Å². The fraction of sp³-hybridized carbons (Fsp3) is 0.190. The molecule has 2 N–H and O–H groups in total. The highest BCUT2D eigenvalue weighted by molar-refractivity contribution is 6.30. The van der Waals surface area contributed by atoms with Crippen molar-refractivity contribution in [3.8, 4) is 11.5 Å². The second-order valence-corrected chi connectivity index (χ2v) is 6.56. The number of nitrogens with zero attached hydrogens (tertiary/aromatic N) is 1. The molecule has 0 aliphatic carbocycles. The monoisotopic (exact) mass is 399 g/mol. The van der Waals surface area contributed by atoms with Crippen LogP contribution in [0.15, 0.2) is 60.8 Å². The van der Waals surface area contributed by atoms with Crippen molar-refractivity contribution in [2.45, 2.75) is 13.1 Å². The van der Waals surface area contributed by atoms with Crippen LogP contribution in [0.2, 0.25) is 5.02 Å². The normalized spacial score (nSPS) is 10.4. The minimum absolute atomic E-state index is 0.328. The molecule has 7 heteroatoms. The number of hydrogen-bond acceptors (Lipinski definition) is 3. The van der Waals surface area contributed by atoms with E-state index in [0.717, 1.165) is 11.3 Å². The maximum absolute atomic E-state index is 12.3. The number of carbonyl (C=O) groups excluding carboxylic acids is 1. The molecule has 0 aliphatic heterocycles. The number of ether oxygens (including phenoxy) is 2. The Bertz CT molecular complexity index is 938. The number of aromatic nitrogens is 1. The highest BCUT2D eigenvalue weighted by Crippen LogP contribution is 2.28. The van der Waals surface area contributed by atoms with Gasteiger partial charge in [-0.25, -0.2) is 4.79 Å². The number of benzene rings is 2. The molecule has 0 saturated carbocycles. The summed E-state index contributed by atoms with van der Waals surface area (Å²) in [5.41, 5.74) is 2.66. The number of rotatable bonds is 7. The van der Waals surface area contributed by atoms with E-state index in [-0.39, 0.29) is 6.03 Å². The first-order valence-corrected chi connectivity index (χ1v) is 9.12. The topological polar surface area (TPSA) is 64.5 Å². The predicted molar refractivity (Wildman–Crippen MR) is 110 cm³/mol. The van der Waals surface area contributed by atoms with Crippen molar-refractivity contribution in [2.75, 3.05) is 19.5 Å². The van der Waals surface area contributed by atoms with E-state index in [1.54, 1.807) is 32.4 Å². The van der Waals surface area contributed by atoms with E-state index in [2.05, 4.69) is 15.2 Å². The number of halogens is 1. The van der Waals surface area contributed by atoms with Crippen LogP contribution < -0.4 is 20.1 Å². The minimum Gasteiger partial charge on any atom is -0.497 e. The van der Waals surface area contributed by atoms with E-state index in [0.29, 0.717) is 35.3 Å². The fourth-order valence-corrected chi connectivity index (χ4v) is 2.93. The quantitative estimate of drug-likeness (QED) is 0.613. The van der Waals surface area contributed by atoms with Gasteiger partial charge in [0, 0.05) is 29.5 Å². The van der Waals surface area contributed by atoms with Gasteiger partial charge in [-0.05, 0) is 42.0 Å². The zero-order chi connectivity index (χ0) is 19.9. The summed E-state index contributed by atoms with van der Waals surface area (Å²) in [4.78, 5) is 12.3. The molecular formula is C21H22ClN3O3. The lowest BCUT2D eigenvalue weighted by Crippen LogP contribution is -2.29. The first kappa shape index (κ1) is 19.6. The van der Waals surface area contributed by atoms with Crippen molar-refractivity contribution in [2.24, 2.45) is 0 Å². The third kappa shape index (κ3) is 4.98. The van der Waals surface area contributed by atoms with Crippen molar-refractivity contribution >= 4 is 23.3 Å². The Balaban J connectivity index is 1.61. The molecule has 3 rings (SSSR count). The molecule has 2 aromatic carbocycles. The van der Waals surface area contributed by atoms with Crippen molar-refractivity contribution in [3.63, 3.8) is 0 Å². The zero-order valence-electron chi connectivity index (χ0n) is 15.7. The lowest BCUT2D eigenvalue weighted by molar-refractivity contribution is 0.251. The molecule has 0 radical (unpaired) electrons. The third-order valence-corrected chi connectivity index (χ3v) is 4.53. The van der Waals surface area contributed by atoms with Crippen LogP contribution in [0.1, 0.15) is 11.3 Å². The highest BCUT2D eigenvalue weighted by atomic mass is 35.5. The Morgan fingerprint density at radius 3 is 2.57 bits per heavy atom. The summed E-state index contributed by atoms with van der Waals surface area (Å²) in [7, 11) is 3.12. The first-order valence-electron chi connectivity index (χ1n) is 8.74. The summed E-state index contributed by atoms with van der Waals surface area (Å²) in [5, 5.41) is 6.38. The Kier molecular flexibility index (Phi) is 6.45. The molecule has 3 aromatic rings. The second-order valence-electron chi connectivity index (χ2n) is 6.13. The van der Waals surface area contributed by atoms with E-state index in [1.807, 2.05) is 42.6 Å². The molecule has 146 valence electrons. The van der Waals surface area contributed by atoms with E-state index >= 15 is 0 Å². The van der Waals surface area contributed by atoms with Gasteiger partial charge < -0.3 is 24.7 Å². The number of anilines is 1. The summed E-state index contributed by atoms with van der Waals surface area (Å²) < 4.78 is 12.6. The number of hydrogen-bond donors (Lipinski definition) is 2. The van der Waals surface area contributed by atoms with Crippen LogP contribution in [0.4, 0.5) is 10.5 Å². The van der Waals surface area contributed by atoms with Gasteiger partial charge >= 0.3 is 6.03 Å². The predicted octanol–water partition coefficient (Wildman–Crippen LogP) is 4.53. The van der Waals surface area contributed by atoms with E-state index < -0.39 is 0 Å². The Morgan fingerprint density at radius 2 is 1.86 bits per heavy atom. The van der Waals surface area contributed by atoms with Crippen molar-refractivity contribution in [1.82, 2.24) is 9.88 Å². The summed E-state index contributed by atoms with van der Waals surface area (Å²) in [6, 6.07) is 16.5. The van der Waals surface area contributed by atoms with Crippen molar-refractivity contribution in [1.29, 1.82) is 0 Å². The summed E-state index contributed by atoms with van der Waals surface area (Å²) in [6.45, 7) is 1.09. The first-order chi connectivity index (χ1) is 13.6. The van der Waals surface area contributed by atoms with E-state index in [4.69, 9.17) is 21.1 Å². The largest absolute Gasteiger partial charge is 0.497 e. The Labute approximate surface area is 169 Å². The molecule has 0 bridgehead atoms. The van der Waals surface area contributed by atoms with Crippen LogP contribution in [-0.2, 0) is 13.1 Å². The summed E-state index contributed by atoms with van der Waals surface area (Å²) >= 11 is 5.94. The lowest BCUT2D eigenvalue weighted by Gasteiger charge is -2.14. The van der Waals surface area contributed by atoms with Crippen LogP contribution in [0.3, 0.4) is 0 Å². The van der Waals surface area contributed by atoms with Crippen LogP contribution in [0.5, 0.6) is 11.5 Å². The van der Waals surface area contributed by atoms with Gasteiger partial charge in [-0.15, -0.1) is 0 Å². The van der Waals surface area contributed by atoms with Gasteiger partial charge in [0.15, 0.2) is 0 Å². The van der Waals surface area contributed by atoms with E-state index in [9.17, 15) is 4.79 Å². The summed E-state index contributed by atoms with van der Waals surface area (Å²) in [5.74, 6) is 1.19. The Morgan fingerprint density at radius 1 is 1.07 bits per heavy atom. The second kappa shape index (κ2) is 9.19. The SMILES string of the molecule is COc1ccc(OC)c(NC(=O)NCc2cccn2Cc2ccc(Cl)cc2)c1. The molecule has 0 saturated heterocycles. The van der Waals surface area contributed by atoms with Gasteiger partial charge in [0.05, 0.1) is 26.5 Å². The number of methoxy groups -OCH3 is 2. The molecule has 28 heavy (non-hydrogen) atoms. The number of urea groups is 1. The standard InChI is InChI=1S/C21H22ClN3O3/c1-27-18-9-10-20(28-2)19(12-18)24-21(26)23-13-17-4-3-11-25(17)14-15-5-7-16(22)8-6-15/h3-12H,13-14H2,1-2H3,(H2,23,24,26). The average Bonchev–Trinajstić information content (AvgIpc) is 3.15. The van der Waals surface area contributed by atoms with Gasteiger partial charge in [0.25, 0.3) is 0 Å². The molecule has 1 heterocycles. The maximum Gasteiger partial charge on any atom is 0.319 e. The zero-order valence-corrected chi connectivity index (χ0v) is 16.5. The van der Waals surface area contributed by atoms with Crippen LogP contribution in [-0.4, -0.2) is 24.8 Å². The average molecular weight is 400 g/mol. The third-order valence-electron chi connectivity index (χ3n) is 4.27. The number of nitrogens with one attached hydrogen (secondary N) is 2. The smallest absolute Gasteiger partial charge is 0.319 e. The highest BCUT2D eigenvalue weighted by Gasteiger charge is 2.10. The molecule has 0 spiro atoms. The molecule has 0 aliphatic rings. The van der Waals surface area contributed by atoms with E-state index in [1.165, 1.54) is 0 Å². The molecule has 2 amide bonds. The van der Waals surface area contributed by atoms with Crippen molar-refractivity contribution < 1.29 is 14.3 Å². The fourth-order valence-electron chi connectivity index (χ4n) is 2.80. The Hall–Kier alpha value is -3.12. The molecule has 6 nitrogen and oxygen atoms in total. The number of amides is 2. The summed E-state index contributed by atoms with van der Waals surface area (Å²) in [6.07, 6.45) is 1.98. The molecule has 0 unspecified atom stereocenters. The van der Waals surface area contributed by atoms with Gasteiger partial charge in [-0.3, -0.25) is 0 Å². The molecular weight excluding hydrogens is 378 g/mol. The van der Waals surface area contributed by atoms with Gasteiger partial charge in [-0.2, -0.15) is 0 Å². The lowest BCUT2D eigenvalue weighted by atomic mass is 10.2. The minimum atomic E-state index is -0.328. The maximum atomic E-state index is 12.3. The van der Waals surface area contributed by atoms with Crippen molar-refractivity contribution in [3.05, 3.63) is 77.1 Å². The molecule has 0 fully saturated rings.